The van der Waals surface area contributed by atoms with Gasteiger partial charge in [0.2, 0.25) is 0 Å². The highest BCUT2D eigenvalue weighted by molar-refractivity contribution is 7.91. The number of carbonyl (C=O) groups is 4. The summed E-state index contributed by atoms with van der Waals surface area (Å²) in [5.41, 5.74) is 1.21. The van der Waals surface area contributed by atoms with E-state index in [-0.39, 0.29) is 42.5 Å². The summed E-state index contributed by atoms with van der Waals surface area (Å²) in [6, 6.07) is 10.8. The van der Waals surface area contributed by atoms with Gasteiger partial charge in [-0.1, -0.05) is 18.2 Å². The van der Waals surface area contributed by atoms with Gasteiger partial charge in [-0.3, -0.25) is 19.3 Å². The van der Waals surface area contributed by atoms with Crippen LogP contribution in [0, 0.1) is 0 Å². The van der Waals surface area contributed by atoms with Crippen LogP contribution >= 0.6 is 0 Å². The van der Waals surface area contributed by atoms with Gasteiger partial charge < -0.3 is 14.4 Å². The molecule has 1 atom stereocenters. The Labute approximate surface area is 215 Å². The van der Waals surface area contributed by atoms with Crippen molar-refractivity contribution in [2.75, 3.05) is 31.3 Å². The van der Waals surface area contributed by atoms with Crippen molar-refractivity contribution in [2.24, 2.45) is 0 Å². The molecule has 0 spiro atoms. The molecule has 2 aliphatic rings. The van der Waals surface area contributed by atoms with E-state index in [0.717, 1.165) is 4.90 Å². The first kappa shape index (κ1) is 26.3. The molecule has 2 aromatic carbocycles. The number of carbonyl (C=O) groups excluding carboxylic acids is 4. The number of esters is 1. The lowest BCUT2D eigenvalue weighted by Crippen LogP contribution is -2.43. The third kappa shape index (κ3) is 5.51. The molecule has 0 aliphatic carbocycles. The smallest absolute Gasteiger partial charge is 0.342 e. The second kappa shape index (κ2) is 10.7. The van der Waals surface area contributed by atoms with Crippen LogP contribution in [0.15, 0.2) is 42.5 Å². The first-order valence-electron chi connectivity index (χ1n) is 12.0. The number of benzene rings is 2. The van der Waals surface area contributed by atoms with Crippen molar-refractivity contribution < 1.29 is 37.1 Å². The van der Waals surface area contributed by atoms with Crippen LogP contribution in [-0.4, -0.2) is 79.2 Å². The normalized spacial score (nSPS) is 18.0. The Morgan fingerprint density at radius 3 is 2.30 bits per heavy atom. The van der Waals surface area contributed by atoms with Crippen LogP contribution in [0.3, 0.4) is 0 Å². The number of fused-ring (bicyclic) bond motifs is 1. The molecule has 0 bridgehead atoms. The summed E-state index contributed by atoms with van der Waals surface area (Å²) in [5.74, 6) is -1.97. The summed E-state index contributed by atoms with van der Waals surface area (Å²) in [4.78, 5) is 53.7. The molecular formula is C26H28N2O8S. The Bertz CT molecular complexity index is 1320. The summed E-state index contributed by atoms with van der Waals surface area (Å²) in [5, 5.41) is 0. The molecule has 0 radical (unpaired) electrons. The number of likely N-dealkylation sites (N-methyl/N-ethyl adjacent to an activating group) is 1. The number of sulfone groups is 1. The Balaban J connectivity index is 1.47. The van der Waals surface area contributed by atoms with Crippen LogP contribution in [0.1, 0.15) is 56.9 Å². The molecule has 0 unspecified atom stereocenters. The first-order chi connectivity index (χ1) is 17.6. The minimum atomic E-state index is -3.18. The molecule has 3 amide bonds. The van der Waals surface area contributed by atoms with Crippen LogP contribution in [0.2, 0.25) is 0 Å². The van der Waals surface area contributed by atoms with E-state index in [2.05, 4.69) is 0 Å². The molecule has 10 nitrogen and oxygen atoms in total. The van der Waals surface area contributed by atoms with Gasteiger partial charge in [0.15, 0.2) is 16.4 Å². The fourth-order valence-corrected chi connectivity index (χ4v) is 6.36. The molecule has 2 aromatic rings. The summed E-state index contributed by atoms with van der Waals surface area (Å²) < 4.78 is 34.5. The summed E-state index contributed by atoms with van der Waals surface area (Å²) in [6.45, 7) is 3.43. The molecule has 0 N–H and O–H groups in total. The van der Waals surface area contributed by atoms with Crippen molar-refractivity contribution in [3.63, 3.8) is 0 Å². The Hall–Kier alpha value is -3.73. The van der Waals surface area contributed by atoms with Crippen molar-refractivity contribution in [1.82, 2.24) is 9.80 Å². The van der Waals surface area contributed by atoms with E-state index in [9.17, 15) is 27.6 Å². The minimum absolute atomic E-state index is 0.0266. The number of nitrogens with zero attached hydrogens (tertiary/aromatic N) is 2. The lowest BCUT2D eigenvalue weighted by atomic mass is 10.1. The molecule has 0 saturated carbocycles. The summed E-state index contributed by atoms with van der Waals surface area (Å²) >= 11 is 0. The van der Waals surface area contributed by atoms with Crippen LogP contribution in [0.25, 0.3) is 0 Å². The van der Waals surface area contributed by atoms with Crippen LogP contribution in [-0.2, 0) is 25.9 Å². The molecule has 4 rings (SSSR count). The molecule has 1 fully saturated rings. The molecule has 2 aliphatic heterocycles. The van der Waals surface area contributed by atoms with Crippen molar-refractivity contribution >= 4 is 33.5 Å². The van der Waals surface area contributed by atoms with Crippen molar-refractivity contribution in [3.05, 3.63) is 64.7 Å². The van der Waals surface area contributed by atoms with Crippen LogP contribution in [0.5, 0.6) is 5.75 Å². The van der Waals surface area contributed by atoms with E-state index < -0.39 is 46.2 Å². The van der Waals surface area contributed by atoms with Gasteiger partial charge in [0.1, 0.15) is 11.3 Å². The second-order valence-electron chi connectivity index (χ2n) is 8.82. The third-order valence-electron chi connectivity index (χ3n) is 6.42. The average Bonchev–Trinajstić information content (AvgIpc) is 3.35. The molecule has 2 heterocycles. The molecule has 1 saturated heterocycles. The molecule has 37 heavy (non-hydrogen) atoms. The van der Waals surface area contributed by atoms with Crippen molar-refractivity contribution in [3.8, 4) is 5.75 Å². The molecule has 11 heteroatoms. The quantitative estimate of drug-likeness (QED) is 0.358. The monoisotopic (exact) mass is 528 g/mol. The largest absolute Gasteiger partial charge is 0.493 e. The highest BCUT2D eigenvalue weighted by atomic mass is 32.2. The number of ether oxygens (including phenoxy) is 2. The Morgan fingerprint density at radius 2 is 1.73 bits per heavy atom. The fourth-order valence-electron chi connectivity index (χ4n) is 4.63. The molecule has 196 valence electrons. The zero-order valence-corrected chi connectivity index (χ0v) is 21.5. The maximum absolute atomic E-state index is 13.0. The van der Waals surface area contributed by atoms with Gasteiger partial charge in [-0.25, -0.2) is 13.2 Å². The lowest BCUT2D eigenvalue weighted by Gasteiger charge is -2.26. The van der Waals surface area contributed by atoms with E-state index >= 15 is 0 Å². The van der Waals surface area contributed by atoms with E-state index in [4.69, 9.17) is 9.47 Å². The number of hydrogen-bond donors (Lipinski definition) is 0. The first-order valence-corrected chi connectivity index (χ1v) is 13.8. The Morgan fingerprint density at radius 1 is 1.05 bits per heavy atom. The van der Waals surface area contributed by atoms with E-state index in [1.54, 1.807) is 50.2 Å². The van der Waals surface area contributed by atoms with E-state index in [0.29, 0.717) is 23.1 Å². The van der Waals surface area contributed by atoms with Crippen LogP contribution < -0.4 is 4.74 Å². The fraction of sp³-hybridized carbons (Fsp3) is 0.385. The topological polar surface area (TPSA) is 127 Å². The van der Waals surface area contributed by atoms with Gasteiger partial charge in [-0.2, -0.15) is 0 Å². The highest BCUT2D eigenvalue weighted by Crippen LogP contribution is 2.27. The lowest BCUT2D eigenvalue weighted by molar-refractivity contribution is -0.136. The number of hydrogen-bond acceptors (Lipinski definition) is 8. The van der Waals surface area contributed by atoms with Gasteiger partial charge in [-0.05, 0) is 50.1 Å². The summed E-state index contributed by atoms with van der Waals surface area (Å²) in [6.07, 6.45) is 0.351. The number of amides is 3. The maximum atomic E-state index is 13.0. The van der Waals surface area contributed by atoms with Gasteiger partial charge >= 0.3 is 5.97 Å². The van der Waals surface area contributed by atoms with Gasteiger partial charge in [0.05, 0.1) is 35.8 Å². The molecule has 0 aromatic heterocycles. The predicted molar refractivity (Wildman–Crippen MR) is 133 cm³/mol. The summed E-state index contributed by atoms with van der Waals surface area (Å²) in [7, 11) is -3.18. The highest BCUT2D eigenvalue weighted by Gasteiger charge is 2.36. The van der Waals surface area contributed by atoms with Crippen molar-refractivity contribution in [2.45, 2.75) is 32.9 Å². The van der Waals surface area contributed by atoms with E-state index in [1.807, 2.05) is 0 Å². The second-order valence-corrected chi connectivity index (χ2v) is 11.0. The third-order valence-corrected chi connectivity index (χ3v) is 8.17. The SMILES string of the molecule is CCOc1ccc(CN2C(=O)c3ccccc3C2=O)cc1C(=O)OCC(=O)N(CC)[C@H]1CCS(=O)(=O)C1. The molecular weight excluding hydrogens is 500 g/mol. The zero-order valence-electron chi connectivity index (χ0n) is 20.6. The van der Waals surface area contributed by atoms with Crippen LogP contribution in [0.4, 0.5) is 0 Å². The minimum Gasteiger partial charge on any atom is -0.493 e. The zero-order chi connectivity index (χ0) is 26.7. The van der Waals surface area contributed by atoms with Gasteiger partial charge in [-0.15, -0.1) is 0 Å². The average molecular weight is 529 g/mol. The predicted octanol–water partition coefficient (Wildman–Crippen LogP) is 2.07. The number of imide groups is 1. The van der Waals surface area contributed by atoms with Crippen molar-refractivity contribution in [1.29, 1.82) is 0 Å². The van der Waals surface area contributed by atoms with Gasteiger partial charge in [0.25, 0.3) is 17.7 Å². The number of rotatable bonds is 9. The standard InChI is InChI=1S/C26H28N2O8S/c1-3-27(18-11-12-37(33,34)16-18)23(29)15-36-26(32)21-13-17(9-10-22(21)35-4-2)14-28-24(30)19-7-5-6-8-20(19)25(28)31/h5-10,13,18H,3-4,11-12,14-16H2,1-2H3/t18-/m0/s1. The Kier molecular flexibility index (Phi) is 7.63. The van der Waals surface area contributed by atoms with E-state index in [1.165, 1.54) is 11.0 Å². The maximum Gasteiger partial charge on any atom is 0.342 e. The van der Waals surface area contributed by atoms with Gasteiger partial charge in [0, 0.05) is 12.6 Å².